The number of quaternary nitrogens is 1. The number of hydrogen-bond donors (Lipinski definition) is 0. The summed E-state index contributed by atoms with van der Waals surface area (Å²) in [6, 6.07) is 0. The van der Waals surface area contributed by atoms with Crippen molar-refractivity contribution >= 4 is 17.9 Å². The summed E-state index contributed by atoms with van der Waals surface area (Å²) in [5, 5.41) is 11.7. The highest BCUT2D eigenvalue weighted by atomic mass is 16.7. The summed E-state index contributed by atoms with van der Waals surface area (Å²) in [7, 11) is 5.91. The van der Waals surface area contributed by atoms with Gasteiger partial charge in [-0.3, -0.25) is 9.59 Å². The fraction of sp³-hybridized carbons (Fsp3) is 0.768. The molecule has 9 nitrogen and oxygen atoms in total. The Balaban J connectivity index is 4.35. The van der Waals surface area contributed by atoms with Crippen molar-refractivity contribution in [2.45, 2.75) is 232 Å². The van der Waals surface area contributed by atoms with Crippen LogP contribution in [0.15, 0.2) is 60.8 Å². The zero-order valence-electron chi connectivity index (χ0n) is 42.6. The van der Waals surface area contributed by atoms with E-state index in [-0.39, 0.29) is 38.6 Å². The summed E-state index contributed by atoms with van der Waals surface area (Å²) < 4.78 is 22.6. The van der Waals surface area contributed by atoms with E-state index in [9.17, 15) is 19.5 Å². The Morgan fingerprint density at radius 1 is 0.462 bits per heavy atom. The number of unbranched alkanes of at least 4 members (excludes halogenated alkanes) is 23. The van der Waals surface area contributed by atoms with Crippen LogP contribution in [0.25, 0.3) is 0 Å². The molecular formula is C56H99NO8. The van der Waals surface area contributed by atoms with E-state index in [1.165, 1.54) is 109 Å². The van der Waals surface area contributed by atoms with Crippen LogP contribution in [0.1, 0.15) is 219 Å². The first-order valence-electron chi connectivity index (χ1n) is 26.4. The zero-order valence-corrected chi connectivity index (χ0v) is 42.6. The molecule has 9 heteroatoms. The normalized spacial score (nSPS) is 13.3. The Morgan fingerprint density at radius 3 is 1.26 bits per heavy atom. The van der Waals surface area contributed by atoms with Crippen molar-refractivity contribution in [1.82, 2.24) is 0 Å². The molecule has 2 atom stereocenters. The number of ether oxygens (including phenoxy) is 4. The number of likely N-dealkylation sites (N-methyl/N-ethyl adjacent to an activating group) is 1. The van der Waals surface area contributed by atoms with Crippen molar-refractivity contribution in [3.8, 4) is 0 Å². The van der Waals surface area contributed by atoms with Crippen LogP contribution in [0.5, 0.6) is 0 Å². The van der Waals surface area contributed by atoms with Gasteiger partial charge in [0.15, 0.2) is 12.4 Å². The Hall–Kier alpha value is -3.01. The molecule has 2 unspecified atom stereocenters. The lowest BCUT2D eigenvalue weighted by atomic mass is 10.1. The van der Waals surface area contributed by atoms with Crippen LogP contribution in [-0.4, -0.2) is 82.3 Å². The minimum absolute atomic E-state index is 0.142. The van der Waals surface area contributed by atoms with Crippen molar-refractivity contribution in [2.24, 2.45) is 0 Å². The Labute approximate surface area is 399 Å². The van der Waals surface area contributed by atoms with Gasteiger partial charge in [0.2, 0.25) is 0 Å². The van der Waals surface area contributed by atoms with E-state index in [1.807, 2.05) is 21.1 Å². The van der Waals surface area contributed by atoms with Gasteiger partial charge in [0.25, 0.3) is 0 Å². The van der Waals surface area contributed by atoms with Gasteiger partial charge >= 0.3 is 11.9 Å². The highest BCUT2D eigenvalue weighted by Crippen LogP contribution is 2.14. The maximum absolute atomic E-state index is 12.8. The first-order chi connectivity index (χ1) is 31.6. The van der Waals surface area contributed by atoms with Gasteiger partial charge in [-0.2, -0.15) is 0 Å². The number of nitrogens with zero attached hydrogens (tertiary/aromatic N) is 1. The van der Waals surface area contributed by atoms with E-state index < -0.39 is 24.3 Å². The highest BCUT2D eigenvalue weighted by Gasteiger charge is 2.22. The maximum atomic E-state index is 12.8. The molecule has 0 heterocycles. The monoisotopic (exact) mass is 914 g/mol. The van der Waals surface area contributed by atoms with Crippen molar-refractivity contribution in [3.05, 3.63) is 60.8 Å². The van der Waals surface area contributed by atoms with Crippen molar-refractivity contribution in [3.63, 3.8) is 0 Å². The SMILES string of the molecule is CCCCC/C=C\C/C=C\CCCCCCCCCC(=O)OCC(COC(OCC[N+](C)(C)C)C(=O)[O-])OC(=O)CCCCCCCCCC/C=C\C/C=C\C/C=C\CCCCCCC. The minimum atomic E-state index is -1.63. The van der Waals surface area contributed by atoms with Crippen molar-refractivity contribution < 1.29 is 42.9 Å². The molecular weight excluding hydrogens is 815 g/mol. The molecule has 0 aromatic rings. The third-order valence-corrected chi connectivity index (χ3v) is 11.2. The molecule has 65 heavy (non-hydrogen) atoms. The molecule has 0 saturated carbocycles. The standard InChI is InChI=1S/C56H99NO8/c1-6-8-10-12-14-16-18-20-22-24-25-26-27-28-29-31-33-35-37-39-41-43-45-47-54(59)65-52(51-64-56(55(60)61)62-49-48-57(3,4)5)50-63-53(58)46-44-42-40-38-36-34-32-30-23-21-19-17-15-13-11-9-7-2/h15,17-18,20-21,23-25,27-28,52,56H,6-14,16,19,22,26,29-51H2,1-5H3/b17-15-,20-18-,23-21-,25-24-,28-27-. The third kappa shape index (κ3) is 48.7. The molecule has 0 aromatic carbocycles. The van der Waals surface area contributed by atoms with Crippen LogP contribution < -0.4 is 5.11 Å². The Kier molecular flexibility index (Phi) is 45.3. The number of carboxylic acids is 1. The van der Waals surface area contributed by atoms with E-state index in [2.05, 4.69) is 74.6 Å². The van der Waals surface area contributed by atoms with Gasteiger partial charge in [0.05, 0.1) is 40.3 Å². The summed E-state index contributed by atoms with van der Waals surface area (Å²) in [4.78, 5) is 37.2. The molecule has 0 N–H and O–H groups in total. The predicted molar refractivity (Wildman–Crippen MR) is 269 cm³/mol. The molecule has 0 fully saturated rings. The number of carbonyl (C=O) groups excluding carboxylic acids is 3. The van der Waals surface area contributed by atoms with Crippen LogP contribution in [0.3, 0.4) is 0 Å². The van der Waals surface area contributed by atoms with Crippen LogP contribution >= 0.6 is 0 Å². The fourth-order valence-corrected chi connectivity index (χ4v) is 7.10. The molecule has 0 saturated heterocycles. The molecule has 0 aliphatic rings. The topological polar surface area (TPSA) is 111 Å². The van der Waals surface area contributed by atoms with E-state index in [4.69, 9.17) is 18.9 Å². The largest absolute Gasteiger partial charge is 0.545 e. The molecule has 0 aliphatic carbocycles. The van der Waals surface area contributed by atoms with Gasteiger partial charge in [-0.05, 0) is 83.5 Å². The third-order valence-electron chi connectivity index (χ3n) is 11.2. The molecule has 376 valence electrons. The summed E-state index contributed by atoms with van der Waals surface area (Å²) in [6.07, 6.45) is 55.3. The highest BCUT2D eigenvalue weighted by molar-refractivity contribution is 5.70. The first-order valence-corrected chi connectivity index (χ1v) is 26.4. The molecule has 0 rings (SSSR count). The van der Waals surface area contributed by atoms with E-state index in [0.29, 0.717) is 17.4 Å². The van der Waals surface area contributed by atoms with Gasteiger partial charge in [-0.15, -0.1) is 0 Å². The van der Waals surface area contributed by atoms with E-state index in [0.717, 1.165) is 77.0 Å². The van der Waals surface area contributed by atoms with Gasteiger partial charge < -0.3 is 33.3 Å². The quantitative estimate of drug-likeness (QED) is 0.0195. The Morgan fingerprint density at radius 2 is 0.831 bits per heavy atom. The van der Waals surface area contributed by atoms with Gasteiger partial charge in [0.1, 0.15) is 13.2 Å². The average molecular weight is 914 g/mol. The molecule has 0 spiro atoms. The van der Waals surface area contributed by atoms with Gasteiger partial charge in [-0.25, -0.2) is 0 Å². The number of carbonyl (C=O) groups is 3. The Bertz CT molecular complexity index is 1250. The van der Waals surface area contributed by atoms with E-state index >= 15 is 0 Å². The van der Waals surface area contributed by atoms with E-state index in [1.54, 1.807) is 0 Å². The second kappa shape index (κ2) is 47.5. The minimum Gasteiger partial charge on any atom is -0.545 e. The second-order valence-corrected chi connectivity index (χ2v) is 18.8. The number of esters is 2. The smallest absolute Gasteiger partial charge is 0.306 e. The number of allylic oxidation sites excluding steroid dienone is 10. The summed E-state index contributed by atoms with van der Waals surface area (Å²) >= 11 is 0. The van der Waals surface area contributed by atoms with Gasteiger partial charge in [-0.1, -0.05) is 184 Å². The number of hydrogen-bond acceptors (Lipinski definition) is 8. The van der Waals surface area contributed by atoms with Crippen LogP contribution in [-0.2, 0) is 33.3 Å². The van der Waals surface area contributed by atoms with Gasteiger partial charge in [0, 0.05) is 12.8 Å². The summed E-state index contributed by atoms with van der Waals surface area (Å²) in [6.45, 7) is 4.69. The lowest BCUT2D eigenvalue weighted by Crippen LogP contribution is -2.44. The number of rotatable bonds is 48. The molecule has 0 aromatic heterocycles. The zero-order chi connectivity index (χ0) is 47.7. The molecule has 0 aliphatic heterocycles. The lowest BCUT2D eigenvalue weighted by molar-refractivity contribution is -0.870. The second-order valence-electron chi connectivity index (χ2n) is 18.8. The van der Waals surface area contributed by atoms with Crippen LogP contribution in [0.4, 0.5) is 0 Å². The number of carboxylic acid groups (broad SMARTS) is 1. The maximum Gasteiger partial charge on any atom is 0.306 e. The molecule has 0 radical (unpaired) electrons. The predicted octanol–water partition coefficient (Wildman–Crippen LogP) is 13.6. The average Bonchev–Trinajstić information content (AvgIpc) is 3.27. The van der Waals surface area contributed by atoms with Crippen molar-refractivity contribution in [1.29, 1.82) is 0 Å². The fourth-order valence-electron chi connectivity index (χ4n) is 7.10. The first kappa shape index (κ1) is 62.0. The summed E-state index contributed by atoms with van der Waals surface area (Å²) in [5.41, 5.74) is 0. The van der Waals surface area contributed by atoms with Crippen molar-refractivity contribution in [2.75, 3.05) is 47.5 Å². The van der Waals surface area contributed by atoms with Crippen LogP contribution in [0, 0.1) is 0 Å². The molecule has 0 bridgehead atoms. The summed E-state index contributed by atoms with van der Waals surface area (Å²) in [5.74, 6) is -2.30. The van der Waals surface area contributed by atoms with Crippen LogP contribution in [0.2, 0.25) is 0 Å². The molecule has 0 amide bonds. The lowest BCUT2D eigenvalue weighted by Gasteiger charge is -2.26. The number of aliphatic carboxylic acids is 1.